The van der Waals surface area contributed by atoms with Crippen molar-refractivity contribution in [2.75, 3.05) is 5.32 Å². The van der Waals surface area contributed by atoms with E-state index in [4.69, 9.17) is 11.6 Å². The molecule has 122 valence electrons. The lowest BCUT2D eigenvalue weighted by molar-refractivity contribution is -0.137. The average Bonchev–Trinajstić information content (AvgIpc) is 2.49. The predicted octanol–water partition coefficient (Wildman–Crippen LogP) is 4.87. The number of anilines is 1. The van der Waals surface area contributed by atoms with Crippen LogP contribution in [0.2, 0.25) is 5.02 Å². The fourth-order valence-corrected chi connectivity index (χ4v) is 2.75. The maximum absolute atomic E-state index is 12.8. The third-order valence-electron chi connectivity index (χ3n) is 2.84. The van der Waals surface area contributed by atoms with E-state index in [1.54, 1.807) is 31.3 Å². The van der Waals surface area contributed by atoms with Crippen LogP contribution in [0.25, 0.3) is 0 Å². The highest BCUT2D eigenvalue weighted by Crippen LogP contribution is 2.36. The van der Waals surface area contributed by atoms with Crippen molar-refractivity contribution < 1.29 is 18.0 Å². The molecule has 1 N–H and O–H groups in total. The Labute approximate surface area is 140 Å². The third-order valence-corrected chi connectivity index (χ3v) is 4.22. The van der Waals surface area contributed by atoms with Crippen molar-refractivity contribution in [2.45, 2.75) is 23.4 Å². The molecule has 8 heteroatoms. The van der Waals surface area contributed by atoms with Crippen LogP contribution in [-0.2, 0) is 11.0 Å². The lowest BCUT2D eigenvalue weighted by Crippen LogP contribution is -2.22. The third kappa shape index (κ3) is 4.87. The number of hydrogen-bond donors (Lipinski definition) is 1. The number of hydrogen-bond acceptors (Lipinski definition) is 3. The van der Waals surface area contributed by atoms with Crippen LogP contribution in [0.15, 0.2) is 47.6 Å². The Bertz CT molecular complexity index is 695. The molecule has 2 aromatic rings. The zero-order valence-electron chi connectivity index (χ0n) is 11.9. The van der Waals surface area contributed by atoms with Gasteiger partial charge in [-0.3, -0.25) is 4.79 Å². The molecule has 1 aromatic carbocycles. The van der Waals surface area contributed by atoms with Gasteiger partial charge in [0.15, 0.2) is 0 Å². The molecule has 1 amide bonds. The molecule has 1 aromatic heterocycles. The molecule has 0 saturated heterocycles. The molecule has 1 unspecified atom stereocenters. The second-order valence-corrected chi connectivity index (χ2v) is 6.38. The summed E-state index contributed by atoms with van der Waals surface area (Å²) in [4.78, 5) is 16.2. The topological polar surface area (TPSA) is 42.0 Å². The Morgan fingerprint density at radius 2 is 2.04 bits per heavy atom. The Morgan fingerprint density at radius 1 is 1.30 bits per heavy atom. The van der Waals surface area contributed by atoms with Crippen molar-refractivity contribution in [1.82, 2.24) is 4.98 Å². The number of thioether (sulfide) groups is 1. The fourth-order valence-electron chi connectivity index (χ4n) is 1.72. The van der Waals surface area contributed by atoms with E-state index in [2.05, 4.69) is 10.3 Å². The molecule has 23 heavy (non-hydrogen) atoms. The van der Waals surface area contributed by atoms with Gasteiger partial charge in [0.2, 0.25) is 5.91 Å². The fraction of sp³-hybridized carbons (Fsp3) is 0.200. The van der Waals surface area contributed by atoms with Crippen LogP contribution in [0.4, 0.5) is 18.9 Å². The van der Waals surface area contributed by atoms with E-state index in [-0.39, 0.29) is 5.69 Å². The number of nitrogens with zero attached hydrogens (tertiary/aromatic N) is 1. The zero-order valence-corrected chi connectivity index (χ0v) is 13.5. The number of alkyl halides is 3. The molecule has 0 radical (unpaired) electrons. The van der Waals surface area contributed by atoms with Gasteiger partial charge in [-0.05, 0) is 37.3 Å². The smallest absolute Gasteiger partial charge is 0.325 e. The minimum atomic E-state index is -4.58. The zero-order chi connectivity index (χ0) is 17.0. The van der Waals surface area contributed by atoms with E-state index in [0.717, 1.165) is 12.1 Å². The molecule has 0 aliphatic carbocycles. The Hall–Kier alpha value is -1.73. The van der Waals surface area contributed by atoms with Crippen molar-refractivity contribution in [3.8, 4) is 0 Å². The second kappa shape index (κ2) is 7.23. The minimum absolute atomic E-state index is 0.0418. The summed E-state index contributed by atoms with van der Waals surface area (Å²) >= 11 is 6.75. The van der Waals surface area contributed by atoms with Gasteiger partial charge in [-0.15, -0.1) is 0 Å². The van der Waals surface area contributed by atoms with Crippen LogP contribution in [0, 0.1) is 0 Å². The van der Waals surface area contributed by atoms with E-state index < -0.39 is 27.9 Å². The Kier molecular flexibility index (Phi) is 5.54. The standard InChI is InChI=1S/C15H12ClF3N2OS/c1-9(23-13-4-2-3-7-20-13)14(22)21-10-5-6-12(16)11(8-10)15(17,18)19/h2-9H,1H3,(H,21,22). The first-order valence-electron chi connectivity index (χ1n) is 6.52. The summed E-state index contributed by atoms with van der Waals surface area (Å²) in [6, 6.07) is 8.54. The molecule has 1 atom stereocenters. The Balaban J connectivity index is 2.08. The van der Waals surface area contributed by atoms with Crippen molar-refractivity contribution in [3.05, 3.63) is 53.2 Å². The number of aromatic nitrogens is 1. The number of halogens is 4. The van der Waals surface area contributed by atoms with Crippen molar-refractivity contribution in [2.24, 2.45) is 0 Å². The van der Waals surface area contributed by atoms with Gasteiger partial charge in [-0.2, -0.15) is 13.2 Å². The minimum Gasteiger partial charge on any atom is -0.325 e. The van der Waals surface area contributed by atoms with Crippen LogP contribution >= 0.6 is 23.4 Å². The molecule has 0 fully saturated rings. The first kappa shape index (κ1) is 17.6. The lowest BCUT2D eigenvalue weighted by Gasteiger charge is -2.14. The summed E-state index contributed by atoms with van der Waals surface area (Å²) in [5.74, 6) is -0.420. The normalized spacial score (nSPS) is 12.7. The highest BCUT2D eigenvalue weighted by Gasteiger charge is 2.33. The average molecular weight is 361 g/mol. The van der Waals surface area contributed by atoms with Gasteiger partial charge in [0, 0.05) is 11.9 Å². The molecule has 3 nitrogen and oxygen atoms in total. The highest BCUT2D eigenvalue weighted by molar-refractivity contribution is 8.00. The van der Waals surface area contributed by atoms with Gasteiger partial charge < -0.3 is 5.32 Å². The number of carbonyl (C=O) groups excluding carboxylic acids is 1. The number of rotatable bonds is 4. The summed E-state index contributed by atoms with van der Waals surface area (Å²) in [5.41, 5.74) is -0.942. The van der Waals surface area contributed by atoms with Gasteiger partial charge in [-0.25, -0.2) is 4.98 Å². The molecular weight excluding hydrogens is 349 g/mol. The summed E-state index contributed by atoms with van der Waals surface area (Å²) < 4.78 is 38.4. The van der Waals surface area contributed by atoms with E-state index >= 15 is 0 Å². The van der Waals surface area contributed by atoms with Crippen LogP contribution in [-0.4, -0.2) is 16.1 Å². The summed E-state index contributed by atoms with van der Waals surface area (Å²) in [6.07, 6.45) is -2.98. The monoisotopic (exact) mass is 360 g/mol. The second-order valence-electron chi connectivity index (χ2n) is 4.61. The quantitative estimate of drug-likeness (QED) is 0.791. The molecule has 0 bridgehead atoms. The van der Waals surface area contributed by atoms with Crippen molar-refractivity contribution >= 4 is 35.0 Å². The number of pyridine rings is 1. The first-order chi connectivity index (χ1) is 10.8. The molecule has 2 rings (SSSR count). The van der Waals surface area contributed by atoms with Crippen molar-refractivity contribution in [3.63, 3.8) is 0 Å². The summed E-state index contributed by atoms with van der Waals surface area (Å²) in [6.45, 7) is 1.65. The Morgan fingerprint density at radius 3 is 2.65 bits per heavy atom. The maximum atomic E-state index is 12.8. The molecule has 1 heterocycles. The molecule has 0 saturated carbocycles. The number of nitrogens with one attached hydrogen (secondary N) is 1. The van der Waals surface area contributed by atoms with Crippen molar-refractivity contribution in [1.29, 1.82) is 0 Å². The predicted molar refractivity (Wildman–Crippen MR) is 84.6 cm³/mol. The first-order valence-corrected chi connectivity index (χ1v) is 7.78. The number of carbonyl (C=O) groups is 1. The number of benzene rings is 1. The SMILES string of the molecule is CC(Sc1ccccn1)C(=O)Nc1ccc(Cl)c(C(F)(F)F)c1. The molecule has 0 aliphatic heterocycles. The van der Waals surface area contributed by atoms with Gasteiger partial charge >= 0.3 is 6.18 Å². The van der Waals surface area contributed by atoms with E-state index in [1.807, 2.05) is 0 Å². The number of amides is 1. The van der Waals surface area contributed by atoms with E-state index in [9.17, 15) is 18.0 Å². The summed E-state index contributed by atoms with van der Waals surface area (Å²) in [5, 5.41) is 2.18. The van der Waals surface area contributed by atoms with Crippen LogP contribution < -0.4 is 5.32 Å². The lowest BCUT2D eigenvalue weighted by atomic mass is 10.2. The van der Waals surface area contributed by atoms with Gasteiger partial charge in [0.25, 0.3) is 0 Å². The van der Waals surface area contributed by atoms with Gasteiger partial charge in [0.1, 0.15) is 0 Å². The van der Waals surface area contributed by atoms with E-state index in [1.165, 1.54) is 17.8 Å². The molecular formula is C15H12ClF3N2OS. The van der Waals surface area contributed by atoms with Crippen LogP contribution in [0.1, 0.15) is 12.5 Å². The molecule has 0 aliphatic rings. The van der Waals surface area contributed by atoms with E-state index in [0.29, 0.717) is 5.03 Å². The van der Waals surface area contributed by atoms with Gasteiger partial charge in [0.05, 0.1) is 20.9 Å². The maximum Gasteiger partial charge on any atom is 0.417 e. The summed E-state index contributed by atoms with van der Waals surface area (Å²) in [7, 11) is 0. The molecule has 0 spiro atoms. The van der Waals surface area contributed by atoms with Crippen LogP contribution in [0.3, 0.4) is 0 Å². The van der Waals surface area contributed by atoms with Crippen LogP contribution in [0.5, 0.6) is 0 Å². The highest BCUT2D eigenvalue weighted by atomic mass is 35.5. The largest absolute Gasteiger partial charge is 0.417 e. The van der Waals surface area contributed by atoms with Gasteiger partial charge in [-0.1, -0.05) is 29.4 Å².